The molecule has 1 fully saturated rings. The number of hydrogen-bond donors (Lipinski definition) is 1. The Balaban J connectivity index is 2.44. The first-order valence-electron chi connectivity index (χ1n) is 6.36. The lowest BCUT2D eigenvalue weighted by Crippen LogP contribution is -2.37. The minimum atomic E-state index is -4.30. The zero-order valence-corrected chi connectivity index (χ0v) is 11.9. The van der Waals surface area contributed by atoms with Crippen LogP contribution in [0.1, 0.15) is 36.9 Å². The summed E-state index contributed by atoms with van der Waals surface area (Å²) in [6.07, 6.45) is -2.30. The number of thioether (sulfide) groups is 1. The molecule has 1 heterocycles. The molecule has 19 heavy (non-hydrogen) atoms. The third-order valence-corrected chi connectivity index (χ3v) is 5.32. The minimum absolute atomic E-state index is 0.171. The fourth-order valence-electron chi connectivity index (χ4n) is 2.83. The Morgan fingerprint density at radius 3 is 2.53 bits per heavy atom. The first-order chi connectivity index (χ1) is 8.88. The molecule has 1 N–H and O–H groups in total. The highest BCUT2D eigenvalue weighted by Crippen LogP contribution is 2.48. The number of benzene rings is 1. The second kappa shape index (κ2) is 5.37. The van der Waals surface area contributed by atoms with Crippen molar-refractivity contribution < 1.29 is 13.2 Å². The zero-order chi connectivity index (χ0) is 14.1. The Bertz CT molecular complexity index is 439. The molecule has 0 aromatic heterocycles. The Morgan fingerprint density at radius 1 is 1.32 bits per heavy atom. The molecular formula is C14H18F3NS. The molecule has 0 radical (unpaired) electrons. The Morgan fingerprint density at radius 2 is 2.00 bits per heavy atom. The van der Waals surface area contributed by atoms with Gasteiger partial charge in [0, 0.05) is 10.8 Å². The van der Waals surface area contributed by atoms with Crippen molar-refractivity contribution in [2.24, 2.45) is 0 Å². The maximum absolute atomic E-state index is 13.1. The Kier molecular flexibility index (Phi) is 4.16. The first kappa shape index (κ1) is 14.7. The second-order valence-corrected chi connectivity index (χ2v) is 6.70. The van der Waals surface area contributed by atoms with E-state index in [1.165, 1.54) is 12.1 Å². The molecule has 0 bridgehead atoms. The van der Waals surface area contributed by atoms with Gasteiger partial charge >= 0.3 is 6.18 Å². The third kappa shape index (κ3) is 2.92. The summed E-state index contributed by atoms with van der Waals surface area (Å²) < 4.78 is 39.2. The second-order valence-electron chi connectivity index (χ2n) is 5.07. The van der Waals surface area contributed by atoms with Gasteiger partial charge in [0.05, 0.1) is 5.56 Å². The predicted molar refractivity (Wildman–Crippen MR) is 73.3 cm³/mol. The molecule has 2 atom stereocenters. The van der Waals surface area contributed by atoms with Crippen LogP contribution in [-0.2, 0) is 6.18 Å². The molecule has 1 aromatic carbocycles. The van der Waals surface area contributed by atoms with Crippen LogP contribution < -0.4 is 5.32 Å². The van der Waals surface area contributed by atoms with E-state index in [1.807, 2.05) is 0 Å². The molecule has 0 amide bonds. The van der Waals surface area contributed by atoms with Crippen LogP contribution in [0, 0.1) is 0 Å². The molecule has 1 nitrogen and oxygen atoms in total. The monoisotopic (exact) mass is 289 g/mol. The van der Waals surface area contributed by atoms with Gasteiger partial charge in [-0.25, -0.2) is 0 Å². The van der Waals surface area contributed by atoms with Crippen molar-refractivity contribution in [1.82, 2.24) is 5.32 Å². The lowest BCUT2D eigenvalue weighted by atomic mass is 9.87. The average molecular weight is 289 g/mol. The van der Waals surface area contributed by atoms with Gasteiger partial charge < -0.3 is 5.32 Å². The fourth-order valence-corrected chi connectivity index (χ4v) is 4.28. The molecule has 1 aliphatic heterocycles. The maximum atomic E-state index is 13.1. The fraction of sp³-hybridized carbons (Fsp3) is 0.571. The van der Waals surface area contributed by atoms with Gasteiger partial charge in [-0.15, -0.1) is 0 Å². The van der Waals surface area contributed by atoms with Crippen molar-refractivity contribution in [3.05, 3.63) is 35.4 Å². The van der Waals surface area contributed by atoms with Gasteiger partial charge in [0.25, 0.3) is 0 Å². The number of nitrogens with one attached hydrogen (secondary N) is 1. The number of hydrogen-bond acceptors (Lipinski definition) is 2. The van der Waals surface area contributed by atoms with E-state index in [2.05, 4.69) is 12.2 Å². The van der Waals surface area contributed by atoms with Crippen LogP contribution in [0.25, 0.3) is 0 Å². The van der Waals surface area contributed by atoms with Gasteiger partial charge in [-0.1, -0.05) is 18.2 Å². The van der Waals surface area contributed by atoms with Crippen molar-refractivity contribution >= 4 is 11.8 Å². The highest BCUT2D eigenvalue weighted by Gasteiger charge is 2.42. The van der Waals surface area contributed by atoms with Gasteiger partial charge in [-0.2, -0.15) is 24.9 Å². The smallest absolute Gasteiger partial charge is 0.312 e. The maximum Gasteiger partial charge on any atom is 0.416 e. The standard InChI is InChI=1S/C14H18F3NS/c1-13(8-5-9-19-13)12(18-2)10-6-3-4-7-11(10)14(15,16)17/h3-4,6-7,12,18H,5,8-9H2,1-2H3. The van der Waals surface area contributed by atoms with Crippen LogP contribution >= 0.6 is 11.8 Å². The van der Waals surface area contributed by atoms with Crippen molar-refractivity contribution in [2.45, 2.75) is 36.7 Å². The predicted octanol–water partition coefficient (Wildman–Crippen LogP) is 4.25. The number of rotatable bonds is 3. The summed E-state index contributed by atoms with van der Waals surface area (Å²) in [5.74, 6) is 1.02. The lowest BCUT2D eigenvalue weighted by Gasteiger charge is -2.35. The number of alkyl halides is 3. The van der Waals surface area contributed by atoms with E-state index in [1.54, 1.807) is 30.9 Å². The average Bonchev–Trinajstić information content (AvgIpc) is 2.77. The summed E-state index contributed by atoms with van der Waals surface area (Å²) >= 11 is 1.76. The van der Waals surface area contributed by atoms with E-state index in [-0.39, 0.29) is 10.8 Å². The topological polar surface area (TPSA) is 12.0 Å². The molecule has 2 unspecified atom stereocenters. The van der Waals surface area contributed by atoms with E-state index < -0.39 is 11.7 Å². The SMILES string of the molecule is CNC(c1ccccc1C(F)(F)F)C1(C)CCCS1. The van der Waals surface area contributed by atoms with Gasteiger partial charge in [0.15, 0.2) is 0 Å². The van der Waals surface area contributed by atoms with Gasteiger partial charge in [-0.05, 0) is 44.2 Å². The van der Waals surface area contributed by atoms with Crippen molar-refractivity contribution in [2.75, 3.05) is 12.8 Å². The van der Waals surface area contributed by atoms with E-state index >= 15 is 0 Å². The summed E-state index contributed by atoms with van der Waals surface area (Å²) in [5.41, 5.74) is -0.169. The Labute approximate surface area is 116 Å². The molecule has 5 heteroatoms. The van der Waals surface area contributed by atoms with Gasteiger partial charge in [-0.3, -0.25) is 0 Å². The summed E-state index contributed by atoms with van der Waals surface area (Å²) in [5, 5.41) is 3.09. The van der Waals surface area contributed by atoms with Crippen molar-refractivity contribution in [3.63, 3.8) is 0 Å². The highest BCUT2D eigenvalue weighted by molar-refractivity contribution is 8.00. The number of halogens is 3. The third-order valence-electron chi connectivity index (χ3n) is 3.73. The lowest BCUT2D eigenvalue weighted by molar-refractivity contribution is -0.138. The van der Waals surface area contributed by atoms with Crippen molar-refractivity contribution in [3.8, 4) is 0 Å². The van der Waals surface area contributed by atoms with Crippen LogP contribution in [-0.4, -0.2) is 17.5 Å². The first-order valence-corrected chi connectivity index (χ1v) is 7.34. The van der Waals surface area contributed by atoms with E-state index in [0.29, 0.717) is 5.56 Å². The normalized spacial score (nSPS) is 25.5. The molecule has 2 rings (SSSR count). The molecule has 106 valence electrons. The van der Waals surface area contributed by atoms with Crippen LogP contribution in [0.5, 0.6) is 0 Å². The molecule has 1 saturated heterocycles. The van der Waals surface area contributed by atoms with Gasteiger partial charge in [0.1, 0.15) is 0 Å². The van der Waals surface area contributed by atoms with E-state index in [9.17, 15) is 13.2 Å². The summed E-state index contributed by atoms with van der Waals surface area (Å²) in [6, 6.07) is 5.61. The van der Waals surface area contributed by atoms with Crippen molar-refractivity contribution in [1.29, 1.82) is 0 Å². The quantitative estimate of drug-likeness (QED) is 0.892. The summed E-state index contributed by atoms with van der Waals surface area (Å²) in [7, 11) is 1.74. The largest absolute Gasteiger partial charge is 0.416 e. The molecule has 0 aliphatic carbocycles. The zero-order valence-electron chi connectivity index (χ0n) is 11.1. The molecule has 0 spiro atoms. The molecule has 1 aromatic rings. The van der Waals surface area contributed by atoms with Crippen LogP contribution in [0.2, 0.25) is 0 Å². The highest BCUT2D eigenvalue weighted by atomic mass is 32.2. The molecule has 1 aliphatic rings. The van der Waals surface area contributed by atoms with E-state index in [0.717, 1.165) is 18.6 Å². The Hall–Kier alpha value is -0.680. The van der Waals surface area contributed by atoms with Crippen LogP contribution in [0.4, 0.5) is 13.2 Å². The van der Waals surface area contributed by atoms with Crippen LogP contribution in [0.3, 0.4) is 0 Å². The summed E-state index contributed by atoms with van der Waals surface area (Å²) in [6.45, 7) is 2.05. The molecular weight excluding hydrogens is 271 g/mol. The van der Waals surface area contributed by atoms with E-state index in [4.69, 9.17) is 0 Å². The minimum Gasteiger partial charge on any atom is -0.312 e. The van der Waals surface area contributed by atoms with Gasteiger partial charge in [0.2, 0.25) is 0 Å². The molecule has 0 saturated carbocycles. The van der Waals surface area contributed by atoms with Crippen LogP contribution in [0.15, 0.2) is 24.3 Å². The summed E-state index contributed by atoms with van der Waals surface area (Å²) in [4.78, 5) is 0.